The minimum Gasteiger partial charge on any atom is -0.197 e. The van der Waals surface area contributed by atoms with E-state index in [1.807, 2.05) is 0 Å². The minimum absolute atomic E-state index is 0. The Morgan fingerprint density at radius 1 is 1.12 bits per heavy atom. The van der Waals surface area contributed by atoms with Gasteiger partial charge in [0.15, 0.2) is 0 Å². The lowest BCUT2D eigenvalue weighted by atomic mass is 10.5. The van der Waals surface area contributed by atoms with Gasteiger partial charge in [-0.1, -0.05) is 20.3 Å². The molecule has 0 atom stereocenters. The molecule has 8 heavy (non-hydrogen) atoms. The van der Waals surface area contributed by atoms with E-state index in [1.165, 1.54) is 6.42 Å². The topological polar surface area (TPSA) is 47.6 Å². The van der Waals surface area contributed by atoms with Crippen LogP contribution in [0.2, 0.25) is 0 Å². The Labute approximate surface area is 50.4 Å². The third kappa shape index (κ3) is 82.1. The lowest BCUT2D eigenvalue weighted by Gasteiger charge is -1.48. The predicted molar refractivity (Wildman–Crippen MR) is 31.8 cm³/mol. The second-order valence-electron chi connectivity index (χ2n) is 1.20. The largest absolute Gasteiger partial charge is 0.197 e. The normalized spacial score (nSPS) is 5.00. The smallest absolute Gasteiger partial charge is 0.122 e. The third-order valence-corrected chi connectivity index (χ3v) is 0.158. The molecule has 0 N–H and O–H groups in total. The summed E-state index contributed by atoms with van der Waals surface area (Å²) in [5, 5.41) is 15.2. The van der Waals surface area contributed by atoms with Crippen LogP contribution in [-0.4, -0.2) is 0 Å². The SMILES string of the molecule is CCC.N#CCC#N. The molecule has 0 aromatic heterocycles. The molecule has 0 aliphatic heterocycles. The fourth-order valence-electron chi connectivity index (χ4n) is 0.0354. The van der Waals surface area contributed by atoms with Gasteiger partial charge in [-0.25, -0.2) is 0 Å². The van der Waals surface area contributed by atoms with E-state index >= 15 is 0 Å². The van der Waals surface area contributed by atoms with Gasteiger partial charge in [0.05, 0.1) is 12.1 Å². The molecule has 0 saturated carbocycles. The fraction of sp³-hybridized carbons (Fsp3) is 0.667. The van der Waals surface area contributed by atoms with E-state index < -0.39 is 0 Å². The van der Waals surface area contributed by atoms with Gasteiger partial charge in [0.1, 0.15) is 6.42 Å². The molecular weight excluding hydrogens is 100 g/mol. The highest BCUT2D eigenvalue weighted by atomic mass is 14.3. The zero-order chi connectivity index (χ0) is 6.83. The highest BCUT2D eigenvalue weighted by Gasteiger charge is 1.61. The van der Waals surface area contributed by atoms with Crippen LogP contribution in [0, 0.1) is 22.7 Å². The zero-order valence-corrected chi connectivity index (χ0v) is 5.31. The summed E-state index contributed by atoms with van der Waals surface area (Å²) in [4.78, 5) is 0. The van der Waals surface area contributed by atoms with Crippen molar-refractivity contribution in [2.45, 2.75) is 26.7 Å². The molecule has 0 amide bonds. The average molecular weight is 110 g/mol. The summed E-state index contributed by atoms with van der Waals surface area (Å²) in [6.45, 7) is 4.25. The molecule has 0 spiro atoms. The second kappa shape index (κ2) is 16.7. The van der Waals surface area contributed by atoms with Gasteiger partial charge in [0.2, 0.25) is 0 Å². The van der Waals surface area contributed by atoms with Gasteiger partial charge in [-0.15, -0.1) is 0 Å². The van der Waals surface area contributed by atoms with Gasteiger partial charge < -0.3 is 0 Å². The predicted octanol–water partition coefficient (Wildman–Crippen LogP) is 1.84. The van der Waals surface area contributed by atoms with E-state index in [2.05, 4.69) is 13.8 Å². The highest BCUT2D eigenvalue weighted by molar-refractivity contribution is 4.85. The van der Waals surface area contributed by atoms with Crippen LogP contribution in [0.3, 0.4) is 0 Å². The molecule has 0 unspecified atom stereocenters. The van der Waals surface area contributed by atoms with Crippen molar-refractivity contribution in [1.82, 2.24) is 0 Å². The quantitative estimate of drug-likeness (QED) is 0.477. The highest BCUT2D eigenvalue weighted by Crippen LogP contribution is 1.59. The first-order valence-corrected chi connectivity index (χ1v) is 2.57. The van der Waals surface area contributed by atoms with Crippen molar-refractivity contribution >= 4 is 0 Å². The van der Waals surface area contributed by atoms with Crippen LogP contribution in [-0.2, 0) is 0 Å². The lowest BCUT2D eigenvalue weighted by Crippen LogP contribution is -1.47. The molecule has 0 aliphatic carbocycles. The Morgan fingerprint density at radius 3 is 1.38 bits per heavy atom. The summed E-state index contributed by atoms with van der Waals surface area (Å²) in [6.07, 6.45) is 1.25. The maximum atomic E-state index is 7.59. The molecule has 0 aromatic carbocycles. The summed E-state index contributed by atoms with van der Waals surface area (Å²) in [6, 6.07) is 3.31. The van der Waals surface area contributed by atoms with Crippen LogP contribution >= 0.6 is 0 Å². The molecule has 0 heterocycles. The van der Waals surface area contributed by atoms with Gasteiger partial charge in [0.25, 0.3) is 0 Å². The van der Waals surface area contributed by atoms with Crippen molar-refractivity contribution < 1.29 is 0 Å². The lowest BCUT2D eigenvalue weighted by molar-refractivity contribution is 1.09. The van der Waals surface area contributed by atoms with Crippen LogP contribution < -0.4 is 0 Å². The molecule has 0 aromatic rings. The summed E-state index contributed by atoms with van der Waals surface area (Å²) >= 11 is 0. The van der Waals surface area contributed by atoms with Gasteiger partial charge in [-0.2, -0.15) is 10.5 Å². The third-order valence-electron chi connectivity index (χ3n) is 0.158. The fourth-order valence-corrected chi connectivity index (χ4v) is 0.0354. The van der Waals surface area contributed by atoms with Crippen molar-refractivity contribution in [3.05, 3.63) is 0 Å². The first-order chi connectivity index (χ1) is 3.83. The van der Waals surface area contributed by atoms with E-state index in [9.17, 15) is 0 Å². The standard InChI is InChI=1S/C3H2N2.C3H8/c4-2-1-3-5;1-3-2/h1H2;3H2,1-2H3. The maximum Gasteiger partial charge on any atom is 0.122 e. The van der Waals surface area contributed by atoms with E-state index in [0.717, 1.165) is 0 Å². The molecular formula is C6H10N2. The monoisotopic (exact) mass is 110 g/mol. The number of nitrogens with zero attached hydrogens (tertiary/aromatic N) is 2. The van der Waals surface area contributed by atoms with Crippen molar-refractivity contribution in [3.63, 3.8) is 0 Å². The first kappa shape index (κ1) is 10.1. The number of rotatable bonds is 0. The molecule has 0 radical (unpaired) electrons. The maximum absolute atomic E-state index is 7.59. The van der Waals surface area contributed by atoms with Crippen LogP contribution in [0.15, 0.2) is 0 Å². The molecule has 0 rings (SSSR count). The summed E-state index contributed by atoms with van der Waals surface area (Å²) in [5.74, 6) is 0. The Hall–Kier alpha value is -1.02. The van der Waals surface area contributed by atoms with E-state index in [1.54, 1.807) is 12.1 Å². The average Bonchev–Trinajstić information content (AvgIpc) is 1.71. The number of nitriles is 2. The van der Waals surface area contributed by atoms with E-state index in [0.29, 0.717) is 0 Å². The first-order valence-electron chi connectivity index (χ1n) is 2.57. The Kier molecular flexibility index (Phi) is 21.0. The van der Waals surface area contributed by atoms with Crippen LogP contribution in [0.25, 0.3) is 0 Å². The van der Waals surface area contributed by atoms with Crippen LogP contribution in [0.1, 0.15) is 26.7 Å². The molecule has 0 saturated heterocycles. The van der Waals surface area contributed by atoms with Crippen LogP contribution in [0.4, 0.5) is 0 Å². The van der Waals surface area contributed by atoms with Crippen molar-refractivity contribution in [2.75, 3.05) is 0 Å². The van der Waals surface area contributed by atoms with Gasteiger partial charge in [-0.3, -0.25) is 0 Å². The van der Waals surface area contributed by atoms with Gasteiger partial charge in [0, 0.05) is 0 Å². The Balaban J connectivity index is 0. The number of hydrogen-bond donors (Lipinski definition) is 0. The molecule has 0 fully saturated rings. The summed E-state index contributed by atoms with van der Waals surface area (Å²) in [5.41, 5.74) is 0. The van der Waals surface area contributed by atoms with Gasteiger partial charge in [-0.05, 0) is 0 Å². The summed E-state index contributed by atoms with van der Waals surface area (Å²) < 4.78 is 0. The molecule has 0 bridgehead atoms. The molecule has 0 aliphatic rings. The zero-order valence-electron chi connectivity index (χ0n) is 5.31. The Bertz CT molecular complexity index is 82.1. The van der Waals surface area contributed by atoms with Crippen molar-refractivity contribution in [3.8, 4) is 12.1 Å². The van der Waals surface area contributed by atoms with E-state index in [-0.39, 0.29) is 6.42 Å². The minimum atomic E-state index is 0. The molecule has 2 heteroatoms. The molecule has 2 nitrogen and oxygen atoms in total. The van der Waals surface area contributed by atoms with Crippen molar-refractivity contribution in [1.29, 1.82) is 10.5 Å². The van der Waals surface area contributed by atoms with Gasteiger partial charge >= 0.3 is 0 Å². The molecule has 44 valence electrons. The Morgan fingerprint density at radius 2 is 1.38 bits per heavy atom. The van der Waals surface area contributed by atoms with Crippen molar-refractivity contribution in [2.24, 2.45) is 0 Å². The summed E-state index contributed by atoms with van der Waals surface area (Å²) in [7, 11) is 0. The second-order valence-corrected chi connectivity index (χ2v) is 1.20. The van der Waals surface area contributed by atoms with Crippen LogP contribution in [0.5, 0.6) is 0 Å². The number of hydrogen-bond acceptors (Lipinski definition) is 2. The van der Waals surface area contributed by atoms with E-state index in [4.69, 9.17) is 10.5 Å².